The number of nitrogens with zero attached hydrogens (tertiary/aromatic N) is 1. The Balaban J connectivity index is 3.00. The van der Waals surface area contributed by atoms with Gasteiger partial charge in [0.1, 0.15) is 0 Å². The lowest BCUT2D eigenvalue weighted by Crippen LogP contribution is -2.05. The van der Waals surface area contributed by atoms with Gasteiger partial charge in [-0.05, 0) is 31.6 Å². The van der Waals surface area contributed by atoms with E-state index in [2.05, 4.69) is 11.6 Å². The van der Waals surface area contributed by atoms with Crippen molar-refractivity contribution >= 4 is 5.57 Å². The lowest BCUT2D eigenvalue weighted by Gasteiger charge is -2.07. The minimum Gasteiger partial charge on any atom is -0.256 e. The number of halogens is 3. The molecule has 1 aromatic rings. The van der Waals surface area contributed by atoms with Crippen molar-refractivity contribution in [3.05, 3.63) is 60.0 Å². The molecule has 1 heterocycles. The van der Waals surface area contributed by atoms with Gasteiger partial charge in [-0.2, -0.15) is 13.2 Å². The van der Waals surface area contributed by atoms with Gasteiger partial charge in [0, 0.05) is 6.20 Å². The highest BCUT2D eigenvalue weighted by atomic mass is 19.4. The van der Waals surface area contributed by atoms with Gasteiger partial charge < -0.3 is 0 Å². The summed E-state index contributed by atoms with van der Waals surface area (Å²) in [5.74, 6) is 0. The topological polar surface area (TPSA) is 12.9 Å². The molecule has 0 aliphatic heterocycles. The molecule has 1 rings (SSSR count). The Labute approximate surface area is 104 Å². The van der Waals surface area contributed by atoms with Crippen LogP contribution in [0.3, 0.4) is 0 Å². The van der Waals surface area contributed by atoms with E-state index in [4.69, 9.17) is 0 Å². The summed E-state index contributed by atoms with van der Waals surface area (Å²) in [6, 6.07) is 2.39. The van der Waals surface area contributed by atoms with Gasteiger partial charge in [-0.1, -0.05) is 30.4 Å². The summed E-state index contributed by atoms with van der Waals surface area (Å²) < 4.78 is 37.1. The number of hydrogen-bond donors (Lipinski definition) is 0. The third-order valence-electron chi connectivity index (χ3n) is 2.24. The second-order valence-corrected chi connectivity index (χ2v) is 3.85. The molecular weight excluding hydrogens is 239 g/mol. The SMILES string of the molecule is C=C(C)C=CC(=CC)c1ccc(C(F)(F)F)cn1. The summed E-state index contributed by atoms with van der Waals surface area (Å²) in [7, 11) is 0. The van der Waals surface area contributed by atoms with Crippen molar-refractivity contribution in [3.63, 3.8) is 0 Å². The number of pyridine rings is 1. The van der Waals surface area contributed by atoms with Gasteiger partial charge in [0.25, 0.3) is 0 Å². The van der Waals surface area contributed by atoms with Gasteiger partial charge >= 0.3 is 6.18 Å². The first-order chi connectivity index (χ1) is 8.34. The van der Waals surface area contributed by atoms with E-state index in [1.54, 1.807) is 25.2 Å². The van der Waals surface area contributed by atoms with Crippen LogP contribution in [0.25, 0.3) is 5.57 Å². The summed E-state index contributed by atoms with van der Waals surface area (Å²) in [6.07, 6.45) is 1.84. The molecule has 1 aromatic heterocycles. The summed E-state index contributed by atoms with van der Waals surface area (Å²) in [6.45, 7) is 7.36. The van der Waals surface area contributed by atoms with Crippen LogP contribution in [-0.4, -0.2) is 4.98 Å². The smallest absolute Gasteiger partial charge is 0.256 e. The number of allylic oxidation sites excluding steroid dienone is 5. The quantitative estimate of drug-likeness (QED) is 0.715. The van der Waals surface area contributed by atoms with Crippen molar-refractivity contribution in [2.45, 2.75) is 20.0 Å². The van der Waals surface area contributed by atoms with Crippen LogP contribution in [0.15, 0.2) is 48.7 Å². The van der Waals surface area contributed by atoms with Crippen LogP contribution >= 0.6 is 0 Å². The van der Waals surface area contributed by atoms with Crippen molar-refractivity contribution in [3.8, 4) is 0 Å². The Hall–Kier alpha value is -1.84. The molecule has 0 atom stereocenters. The van der Waals surface area contributed by atoms with Crippen LogP contribution in [0.5, 0.6) is 0 Å². The number of aromatic nitrogens is 1. The zero-order valence-electron chi connectivity index (χ0n) is 10.3. The van der Waals surface area contributed by atoms with Gasteiger partial charge in [-0.3, -0.25) is 4.98 Å². The third-order valence-corrected chi connectivity index (χ3v) is 2.24. The molecule has 4 heteroatoms. The molecule has 0 aliphatic carbocycles. The van der Waals surface area contributed by atoms with Gasteiger partial charge in [-0.15, -0.1) is 0 Å². The molecule has 0 saturated heterocycles. The summed E-state index contributed by atoms with van der Waals surface area (Å²) in [4.78, 5) is 3.83. The standard InChI is InChI=1S/C14H14F3N/c1-4-11(6-5-10(2)3)13-8-7-12(9-18-13)14(15,16)17/h4-9H,2H2,1,3H3. The van der Waals surface area contributed by atoms with Crippen LogP contribution in [0, 0.1) is 0 Å². The molecule has 96 valence electrons. The fourth-order valence-corrected chi connectivity index (χ4v) is 1.29. The third kappa shape index (κ3) is 3.87. The summed E-state index contributed by atoms with van der Waals surface area (Å²) >= 11 is 0. The molecule has 0 aliphatic rings. The first-order valence-corrected chi connectivity index (χ1v) is 5.38. The molecule has 0 radical (unpaired) electrons. The Morgan fingerprint density at radius 1 is 1.28 bits per heavy atom. The van der Waals surface area contributed by atoms with E-state index >= 15 is 0 Å². The van der Waals surface area contributed by atoms with Crippen molar-refractivity contribution in [2.24, 2.45) is 0 Å². The molecule has 0 saturated carbocycles. The monoisotopic (exact) mass is 253 g/mol. The molecular formula is C14H14F3N. The largest absolute Gasteiger partial charge is 0.417 e. The van der Waals surface area contributed by atoms with Crippen LogP contribution in [-0.2, 0) is 6.18 Å². The number of alkyl halides is 3. The van der Waals surface area contributed by atoms with E-state index in [0.717, 1.165) is 23.4 Å². The molecule has 0 fully saturated rings. The van der Waals surface area contributed by atoms with Crippen LogP contribution < -0.4 is 0 Å². The van der Waals surface area contributed by atoms with Crippen molar-refractivity contribution in [1.29, 1.82) is 0 Å². The maximum atomic E-state index is 12.4. The fraction of sp³-hybridized carbons (Fsp3) is 0.214. The van der Waals surface area contributed by atoms with Crippen LogP contribution in [0.4, 0.5) is 13.2 Å². The van der Waals surface area contributed by atoms with E-state index in [1.807, 2.05) is 6.92 Å². The molecule has 0 N–H and O–H groups in total. The second-order valence-electron chi connectivity index (χ2n) is 3.85. The van der Waals surface area contributed by atoms with Crippen LogP contribution in [0.2, 0.25) is 0 Å². The second kappa shape index (κ2) is 5.67. The zero-order chi connectivity index (χ0) is 13.8. The van der Waals surface area contributed by atoms with Gasteiger partial charge in [0.2, 0.25) is 0 Å². The average molecular weight is 253 g/mol. The first-order valence-electron chi connectivity index (χ1n) is 5.38. The minimum atomic E-state index is -4.35. The highest BCUT2D eigenvalue weighted by molar-refractivity contribution is 5.71. The molecule has 0 aromatic carbocycles. The average Bonchev–Trinajstić information content (AvgIpc) is 2.29. The van der Waals surface area contributed by atoms with E-state index in [9.17, 15) is 13.2 Å². The fourth-order valence-electron chi connectivity index (χ4n) is 1.29. The Morgan fingerprint density at radius 3 is 2.33 bits per heavy atom. The highest BCUT2D eigenvalue weighted by Crippen LogP contribution is 2.29. The molecule has 1 nitrogen and oxygen atoms in total. The predicted octanol–water partition coefficient (Wildman–Crippen LogP) is 4.64. The normalized spacial score (nSPS) is 13.1. The van der Waals surface area contributed by atoms with E-state index in [0.29, 0.717) is 5.69 Å². The summed E-state index contributed by atoms with van der Waals surface area (Å²) in [5, 5.41) is 0. The number of rotatable bonds is 3. The molecule has 0 spiro atoms. The Kier molecular flexibility index (Phi) is 4.48. The Bertz CT molecular complexity index is 479. The van der Waals surface area contributed by atoms with E-state index in [1.165, 1.54) is 6.07 Å². The van der Waals surface area contributed by atoms with Gasteiger partial charge in [-0.25, -0.2) is 0 Å². The number of hydrogen-bond acceptors (Lipinski definition) is 1. The maximum absolute atomic E-state index is 12.4. The lowest BCUT2D eigenvalue weighted by atomic mass is 10.1. The lowest BCUT2D eigenvalue weighted by molar-refractivity contribution is -0.137. The first kappa shape index (κ1) is 14.2. The van der Waals surface area contributed by atoms with Crippen LogP contribution in [0.1, 0.15) is 25.1 Å². The molecule has 0 unspecified atom stereocenters. The maximum Gasteiger partial charge on any atom is 0.417 e. The Morgan fingerprint density at radius 2 is 1.94 bits per heavy atom. The van der Waals surface area contributed by atoms with E-state index < -0.39 is 11.7 Å². The zero-order valence-corrected chi connectivity index (χ0v) is 10.3. The van der Waals surface area contributed by atoms with E-state index in [-0.39, 0.29) is 0 Å². The predicted molar refractivity (Wildman–Crippen MR) is 66.8 cm³/mol. The molecule has 0 bridgehead atoms. The minimum absolute atomic E-state index is 0.503. The van der Waals surface area contributed by atoms with Crippen molar-refractivity contribution < 1.29 is 13.2 Å². The molecule has 18 heavy (non-hydrogen) atoms. The highest BCUT2D eigenvalue weighted by Gasteiger charge is 2.30. The van der Waals surface area contributed by atoms with Gasteiger partial charge in [0.05, 0.1) is 11.3 Å². The van der Waals surface area contributed by atoms with Crippen molar-refractivity contribution in [1.82, 2.24) is 4.98 Å². The summed E-state index contributed by atoms with van der Waals surface area (Å²) in [5.41, 5.74) is 1.38. The van der Waals surface area contributed by atoms with Gasteiger partial charge in [0.15, 0.2) is 0 Å². The van der Waals surface area contributed by atoms with Crippen molar-refractivity contribution in [2.75, 3.05) is 0 Å². The molecule has 0 amide bonds.